The summed E-state index contributed by atoms with van der Waals surface area (Å²) in [7, 11) is 0. The van der Waals surface area contributed by atoms with Gasteiger partial charge in [0.25, 0.3) is 5.91 Å². The maximum absolute atomic E-state index is 12.0. The predicted molar refractivity (Wildman–Crippen MR) is 79.8 cm³/mol. The molecule has 2 aromatic rings. The highest BCUT2D eigenvalue weighted by Gasteiger charge is 2.18. The number of hydrogen-bond donors (Lipinski definition) is 1. The fourth-order valence-corrected chi connectivity index (χ4v) is 3.11. The number of thiazole rings is 1. The lowest BCUT2D eigenvalue weighted by atomic mass is 10.3. The Morgan fingerprint density at radius 2 is 2.15 bits per heavy atom. The number of aromatic nitrogens is 1. The highest BCUT2D eigenvalue weighted by Crippen LogP contribution is 2.24. The van der Waals surface area contributed by atoms with Crippen LogP contribution in [0.4, 0.5) is 5.13 Å². The van der Waals surface area contributed by atoms with Gasteiger partial charge in [0.2, 0.25) is 0 Å². The zero-order chi connectivity index (χ0) is 14.7. The Hall–Kier alpha value is -1.73. The number of rotatable bonds is 4. The molecule has 0 unspecified atom stereocenters. The quantitative estimate of drug-likeness (QED) is 0.880. The molecule has 0 aliphatic carbocycles. The maximum Gasteiger partial charge on any atom is 0.350 e. The second-order valence-electron chi connectivity index (χ2n) is 4.05. The second kappa shape index (κ2) is 6.15. The minimum atomic E-state index is -0.408. The summed E-state index contributed by atoms with van der Waals surface area (Å²) in [6.45, 7) is 5.71. The molecule has 1 amide bonds. The molecule has 0 aromatic carbocycles. The summed E-state index contributed by atoms with van der Waals surface area (Å²) < 4.78 is 4.94. The highest BCUT2D eigenvalue weighted by atomic mass is 32.1. The molecule has 0 fully saturated rings. The molecule has 0 saturated heterocycles. The smallest absolute Gasteiger partial charge is 0.350 e. The molecular weight excluding hydrogens is 296 g/mol. The summed E-state index contributed by atoms with van der Waals surface area (Å²) in [6, 6.07) is 1.81. The number of hydrogen-bond acceptors (Lipinski definition) is 6. The van der Waals surface area contributed by atoms with Gasteiger partial charge in [-0.2, -0.15) is 0 Å². The zero-order valence-corrected chi connectivity index (χ0v) is 13.0. The van der Waals surface area contributed by atoms with Crippen molar-refractivity contribution in [3.8, 4) is 0 Å². The number of nitrogens with one attached hydrogen (secondary N) is 1. The van der Waals surface area contributed by atoms with Crippen molar-refractivity contribution >= 4 is 39.7 Å². The fourth-order valence-electron chi connectivity index (χ4n) is 1.57. The van der Waals surface area contributed by atoms with Gasteiger partial charge >= 0.3 is 5.97 Å². The lowest BCUT2D eigenvalue weighted by Gasteiger charge is -1.98. The molecule has 7 heteroatoms. The summed E-state index contributed by atoms with van der Waals surface area (Å²) in [4.78, 5) is 29.3. The molecule has 2 aromatic heterocycles. The monoisotopic (exact) mass is 310 g/mol. The van der Waals surface area contributed by atoms with Gasteiger partial charge in [0.15, 0.2) is 5.13 Å². The first kappa shape index (κ1) is 14.7. The average Bonchev–Trinajstić information content (AvgIpc) is 2.96. The summed E-state index contributed by atoms with van der Waals surface area (Å²) in [5.41, 5.74) is 1.16. The first-order valence-electron chi connectivity index (χ1n) is 6.02. The third kappa shape index (κ3) is 3.23. The Kier molecular flexibility index (Phi) is 4.51. The van der Waals surface area contributed by atoms with E-state index in [1.54, 1.807) is 19.2 Å². The van der Waals surface area contributed by atoms with E-state index < -0.39 is 5.97 Å². The van der Waals surface area contributed by atoms with Gasteiger partial charge in [-0.15, -0.1) is 11.3 Å². The lowest BCUT2D eigenvalue weighted by Crippen LogP contribution is -2.10. The van der Waals surface area contributed by atoms with Crippen LogP contribution in [0.3, 0.4) is 0 Å². The highest BCUT2D eigenvalue weighted by molar-refractivity contribution is 7.17. The molecule has 2 rings (SSSR count). The first-order valence-corrected chi connectivity index (χ1v) is 7.72. The van der Waals surface area contributed by atoms with E-state index in [1.807, 2.05) is 13.0 Å². The van der Waals surface area contributed by atoms with Gasteiger partial charge in [0.1, 0.15) is 4.88 Å². The third-order valence-corrected chi connectivity index (χ3v) is 4.38. The summed E-state index contributed by atoms with van der Waals surface area (Å²) in [5, 5.41) is 4.89. The zero-order valence-electron chi connectivity index (χ0n) is 11.4. The van der Waals surface area contributed by atoms with Crippen molar-refractivity contribution < 1.29 is 14.3 Å². The minimum absolute atomic E-state index is 0.224. The number of ether oxygens (including phenoxy) is 1. The van der Waals surface area contributed by atoms with E-state index in [9.17, 15) is 9.59 Å². The molecular formula is C13H14N2O3S2. The minimum Gasteiger partial charge on any atom is -0.462 e. The Bertz CT molecular complexity index is 646. The van der Waals surface area contributed by atoms with E-state index in [-0.39, 0.29) is 5.91 Å². The summed E-state index contributed by atoms with van der Waals surface area (Å²) >= 11 is 2.63. The number of nitrogens with zero attached hydrogens (tertiary/aromatic N) is 1. The Labute approximate surface area is 124 Å². The number of thiophene rings is 1. The van der Waals surface area contributed by atoms with E-state index >= 15 is 0 Å². The maximum atomic E-state index is 12.0. The number of anilines is 1. The van der Waals surface area contributed by atoms with Crippen LogP contribution >= 0.6 is 22.7 Å². The van der Waals surface area contributed by atoms with Crippen LogP contribution in [0.5, 0.6) is 0 Å². The largest absolute Gasteiger partial charge is 0.462 e. The van der Waals surface area contributed by atoms with Crippen molar-refractivity contribution in [2.24, 2.45) is 0 Å². The van der Waals surface area contributed by atoms with E-state index in [2.05, 4.69) is 10.3 Å². The molecule has 0 atom stereocenters. The Balaban J connectivity index is 2.12. The van der Waals surface area contributed by atoms with Crippen LogP contribution in [0.1, 0.15) is 37.5 Å². The second-order valence-corrected chi connectivity index (χ2v) is 6.17. The van der Waals surface area contributed by atoms with Gasteiger partial charge in [-0.05, 0) is 26.8 Å². The number of carbonyl (C=O) groups is 2. The molecule has 20 heavy (non-hydrogen) atoms. The van der Waals surface area contributed by atoms with Crippen LogP contribution in [0, 0.1) is 13.8 Å². The number of aryl methyl sites for hydroxylation is 2. The molecule has 2 heterocycles. The van der Waals surface area contributed by atoms with E-state index in [0.717, 1.165) is 16.2 Å². The molecule has 106 valence electrons. The number of carbonyl (C=O) groups excluding carboxylic acids is 2. The predicted octanol–water partition coefficient (Wildman–Crippen LogP) is 3.25. The van der Waals surface area contributed by atoms with Gasteiger partial charge in [-0.25, -0.2) is 9.78 Å². The Morgan fingerprint density at radius 3 is 2.75 bits per heavy atom. The normalized spacial score (nSPS) is 10.3. The molecule has 0 aliphatic rings. The lowest BCUT2D eigenvalue weighted by molar-refractivity contribution is 0.0531. The summed E-state index contributed by atoms with van der Waals surface area (Å²) in [6.07, 6.45) is 0. The molecule has 0 bridgehead atoms. The van der Waals surface area contributed by atoms with Crippen molar-refractivity contribution in [2.75, 3.05) is 11.9 Å². The summed E-state index contributed by atoms with van der Waals surface area (Å²) in [5.74, 6) is -0.632. The first-order chi connectivity index (χ1) is 9.51. The van der Waals surface area contributed by atoms with Gasteiger partial charge in [-0.3, -0.25) is 10.1 Å². The molecule has 1 N–H and O–H groups in total. The van der Waals surface area contributed by atoms with Crippen LogP contribution < -0.4 is 5.32 Å². The van der Waals surface area contributed by atoms with Gasteiger partial charge in [-0.1, -0.05) is 11.3 Å². The standard InChI is InChI=1S/C13H14N2O3S2/c1-4-18-12(17)10-8(3)14-13(20-10)15-11(16)9-5-7(2)19-6-9/h5-6H,4H2,1-3H3,(H,14,15,16). The van der Waals surface area contributed by atoms with Crippen LogP contribution in [0.15, 0.2) is 11.4 Å². The molecule has 0 saturated carbocycles. The topological polar surface area (TPSA) is 68.3 Å². The molecule has 0 aliphatic heterocycles. The van der Waals surface area contributed by atoms with Crippen LogP contribution in [-0.4, -0.2) is 23.5 Å². The molecule has 0 radical (unpaired) electrons. The number of esters is 1. The molecule has 5 nitrogen and oxygen atoms in total. The van der Waals surface area contributed by atoms with Gasteiger partial charge in [0, 0.05) is 10.3 Å². The van der Waals surface area contributed by atoms with Crippen molar-refractivity contribution in [1.82, 2.24) is 4.98 Å². The van der Waals surface area contributed by atoms with Crippen LogP contribution in [-0.2, 0) is 4.74 Å². The van der Waals surface area contributed by atoms with E-state index in [1.165, 1.54) is 11.3 Å². The SMILES string of the molecule is CCOC(=O)c1sc(NC(=O)c2csc(C)c2)nc1C. The van der Waals surface area contributed by atoms with E-state index in [0.29, 0.717) is 27.9 Å². The van der Waals surface area contributed by atoms with Gasteiger partial charge in [0.05, 0.1) is 17.9 Å². The third-order valence-electron chi connectivity index (χ3n) is 2.47. The van der Waals surface area contributed by atoms with Crippen LogP contribution in [0.2, 0.25) is 0 Å². The molecule has 0 spiro atoms. The fraction of sp³-hybridized carbons (Fsp3) is 0.308. The van der Waals surface area contributed by atoms with Gasteiger partial charge < -0.3 is 4.74 Å². The van der Waals surface area contributed by atoms with Crippen LogP contribution in [0.25, 0.3) is 0 Å². The van der Waals surface area contributed by atoms with E-state index in [4.69, 9.17) is 4.74 Å². The van der Waals surface area contributed by atoms with Crippen molar-refractivity contribution in [1.29, 1.82) is 0 Å². The van der Waals surface area contributed by atoms with Crippen molar-refractivity contribution in [3.63, 3.8) is 0 Å². The average molecular weight is 310 g/mol. The van der Waals surface area contributed by atoms with Crippen molar-refractivity contribution in [3.05, 3.63) is 32.5 Å². The van der Waals surface area contributed by atoms with Crippen molar-refractivity contribution in [2.45, 2.75) is 20.8 Å². The Morgan fingerprint density at radius 1 is 1.40 bits per heavy atom. The number of amides is 1.